The van der Waals surface area contributed by atoms with Crippen molar-refractivity contribution in [3.63, 3.8) is 0 Å². The number of pyridine rings is 1. The van der Waals surface area contributed by atoms with Crippen molar-refractivity contribution in [2.24, 2.45) is 0 Å². The van der Waals surface area contributed by atoms with E-state index in [1.807, 2.05) is 19.1 Å². The summed E-state index contributed by atoms with van der Waals surface area (Å²) in [5, 5.41) is 13.1. The van der Waals surface area contributed by atoms with E-state index in [2.05, 4.69) is 24.8 Å². The minimum atomic E-state index is -1.04. The van der Waals surface area contributed by atoms with Crippen LogP contribution in [0.3, 0.4) is 0 Å². The van der Waals surface area contributed by atoms with Crippen LogP contribution in [0.1, 0.15) is 45.4 Å². The molecule has 2 aromatic heterocycles. The van der Waals surface area contributed by atoms with E-state index < -0.39 is 5.97 Å². The number of nitrogens with one attached hydrogen (secondary N) is 1. The quantitative estimate of drug-likeness (QED) is 0.400. The molecular formula is C26H24ClN5O3. The van der Waals surface area contributed by atoms with Gasteiger partial charge >= 0.3 is 5.97 Å². The SMILES string of the molecule is Cc1nc2cccnc2n1C1CCN(c2ccc(NC(=O)c3cccc(Cl)c3)cc2C(=O)O)CC1. The Hall–Kier alpha value is -3.91. The maximum absolute atomic E-state index is 12.6. The molecule has 8 nitrogen and oxygen atoms in total. The number of aryl methyl sites for hydroxylation is 1. The van der Waals surface area contributed by atoms with Gasteiger partial charge in [0.1, 0.15) is 11.3 Å². The van der Waals surface area contributed by atoms with Gasteiger partial charge in [-0.15, -0.1) is 0 Å². The zero-order chi connectivity index (χ0) is 24.5. The summed E-state index contributed by atoms with van der Waals surface area (Å²) in [7, 11) is 0. The molecule has 0 bridgehead atoms. The van der Waals surface area contributed by atoms with Crippen LogP contribution in [0.15, 0.2) is 60.8 Å². The number of halogens is 1. The molecule has 0 aliphatic carbocycles. The van der Waals surface area contributed by atoms with Gasteiger partial charge in [-0.2, -0.15) is 0 Å². The lowest BCUT2D eigenvalue weighted by molar-refractivity contribution is 0.0697. The van der Waals surface area contributed by atoms with Crippen LogP contribution < -0.4 is 10.2 Å². The zero-order valence-electron chi connectivity index (χ0n) is 19.1. The molecule has 0 spiro atoms. The molecule has 0 unspecified atom stereocenters. The molecule has 0 atom stereocenters. The minimum absolute atomic E-state index is 0.151. The highest BCUT2D eigenvalue weighted by Crippen LogP contribution is 2.32. The van der Waals surface area contributed by atoms with E-state index in [0.29, 0.717) is 35.1 Å². The maximum Gasteiger partial charge on any atom is 0.337 e. The van der Waals surface area contributed by atoms with Crippen LogP contribution in [0.2, 0.25) is 5.02 Å². The number of aromatic carboxylic acids is 1. The second-order valence-corrected chi connectivity index (χ2v) is 9.03. The topological polar surface area (TPSA) is 100 Å². The molecule has 0 saturated carbocycles. The summed E-state index contributed by atoms with van der Waals surface area (Å²) in [5.74, 6) is -0.459. The fourth-order valence-electron chi connectivity index (χ4n) is 4.74. The highest BCUT2D eigenvalue weighted by atomic mass is 35.5. The third kappa shape index (κ3) is 4.57. The summed E-state index contributed by atoms with van der Waals surface area (Å²) in [5.41, 5.74) is 3.38. The summed E-state index contributed by atoms with van der Waals surface area (Å²) < 4.78 is 2.19. The van der Waals surface area contributed by atoms with Crippen molar-refractivity contribution < 1.29 is 14.7 Å². The number of hydrogen-bond donors (Lipinski definition) is 2. The Morgan fingerprint density at radius 1 is 1.09 bits per heavy atom. The van der Waals surface area contributed by atoms with Gasteiger partial charge in [0, 0.05) is 41.6 Å². The summed E-state index contributed by atoms with van der Waals surface area (Å²) in [6.45, 7) is 3.39. The summed E-state index contributed by atoms with van der Waals surface area (Å²) >= 11 is 5.97. The molecule has 1 fully saturated rings. The first kappa shape index (κ1) is 22.9. The lowest BCUT2D eigenvalue weighted by atomic mass is 10.0. The van der Waals surface area contributed by atoms with Crippen LogP contribution in [-0.2, 0) is 0 Å². The van der Waals surface area contributed by atoms with Crippen molar-refractivity contribution in [1.82, 2.24) is 14.5 Å². The van der Waals surface area contributed by atoms with Gasteiger partial charge in [-0.05, 0) is 68.3 Å². The molecule has 1 aliphatic heterocycles. The monoisotopic (exact) mass is 489 g/mol. The molecule has 178 valence electrons. The molecule has 0 radical (unpaired) electrons. The van der Waals surface area contributed by atoms with Crippen LogP contribution in [0.4, 0.5) is 11.4 Å². The van der Waals surface area contributed by atoms with Gasteiger partial charge < -0.3 is 19.9 Å². The predicted octanol–water partition coefficient (Wildman–Crippen LogP) is 5.19. The Balaban J connectivity index is 1.33. The lowest BCUT2D eigenvalue weighted by Gasteiger charge is -2.35. The van der Waals surface area contributed by atoms with E-state index in [1.54, 1.807) is 42.6 Å². The number of carboxylic acids is 1. The maximum atomic E-state index is 12.6. The third-order valence-electron chi connectivity index (χ3n) is 6.37. The number of aromatic nitrogens is 3. The number of rotatable bonds is 5. The van der Waals surface area contributed by atoms with Gasteiger partial charge in [0.25, 0.3) is 5.91 Å². The first-order valence-electron chi connectivity index (χ1n) is 11.4. The molecule has 1 saturated heterocycles. The van der Waals surface area contributed by atoms with E-state index >= 15 is 0 Å². The van der Waals surface area contributed by atoms with Crippen molar-refractivity contribution in [3.8, 4) is 0 Å². The van der Waals surface area contributed by atoms with Crippen LogP contribution in [0.25, 0.3) is 11.2 Å². The standard InChI is InChI=1S/C26H24ClN5O3/c1-16-29-22-6-3-11-28-24(22)32(16)20-9-12-31(13-10-20)23-8-7-19(15-21(23)26(34)35)30-25(33)17-4-2-5-18(27)14-17/h2-8,11,14-15,20H,9-10,12-13H2,1H3,(H,30,33)(H,34,35). The number of benzene rings is 2. The van der Waals surface area contributed by atoms with Crippen LogP contribution in [0.5, 0.6) is 0 Å². The number of piperidine rings is 1. The molecule has 2 N–H and O–H groups in total. The average Bonchev–Trinajstić information content (AvgIpc) is 3.19. The Morgan fingerprint density at radius 3 is 2.63 bits per heavy atom. The van der Waals surface area contributed by atoms with Gasteiger partial charge in [-0.1, -0.05) is 17.7 Å². The predicted molar refractivity (Wildman–Crippen MR) is 136 cm³/mol. The number of hydrogen-bond acceptors (Lipinski definition) is 5. The van der Waals surface area contributed by atoms with E-state index in [0.717, 1.165) is 29.8 Å². The Morgan fingerprint density at radius 2 is 1.89 bits per heavy atom. The van der Waals surface area contributed by atoms with Crippen molar-refractivity contribution >= 4 is 46.0 Å². The van der Waals surface area contributed by atoms with Crippen LogP contribution in [0, 0.1) is 6.92 Å². The zero-order valence-corrected chi connectivity index (χ0v) is 19.9. The van der Waals surface area contributed by atoms with Gasteiger partial charge in [0.2, 0.25) is 0 Å². The number of carboxylic acid groups (broad SMARTS) is 1. The van der Waals surface area contributed by atoms with Crippen LogP contribution in [-0.4, -0.2) is 44.6 Å². The van der Waals surface area contributed by atoms with Gasteiger partial charge in [0.15, 0.2) is 5.65 Å². The smallest absolute Gasteiger partial charge is 0.337 e. The number of nitrogens with zero attached hydrogens (tertiary/aromatic N) is 4. The second-order valence-electron chi connectivity index (χ2n) is 8.59. The van der Waals surface area contributed by atoms with E-state index in [9.17, 15) is 14.7 Å². The van der Waals surface area contributed by atoms with E-state index in [1.165, 1.54) is 6.07 Å². The number of fused-ring (bicyclic) bond motifs is 1. The minimum Gasteiger partial charge on any atom is -0.478 e. The van der Waals surface area contributed by atoms with Gasteiger partial charge in [-0.25, -0.2) is 14.8 Å². The largest absolute Gasteiger partial charge is 0.478 e. The number of anilines is 2. The van der Waals surface area contributed by atoms with Crippen molar-refractivity contribution in [3.05, 3.63) is 82.8 Å². The van der Waals surface area contributed by atoms with Gasteiger partial charge in [0.05, 0.1) is 11.3 Å². The number of carbonyl (C=O) groups excluding carboxylic acids is 1. The Labute approximate surface area is 207 Å². The average molecular weight is 490 g/mol. The molecular weight excluding hydrogens is 466 g/mol. The van der Waals surface area contributed by atoms with E-state index in [4.69, 9.17) is 11.6 Å². The first-order valence-corrected chi connectivity index (χ1v) is 11.8. The van der Waals surface area contributed by atoms with E-state index in [-0.39, 0.29) is 17.5 Å². The molecule has 1 aliphatic rings. The summed E-state index contributed by atoms with van der Waals surface area (Å²) in [6.07, 6.45) is 3.46. The summed E-state index contributed by atoms with van der Waals surface area (Å²) in [4.78, 5) is 35.9. The molecule has 35 heavy (non-hydrogen) atoms. The second kappa shape index (κ2) is 9.38. The highest BCUT2D eigenvalue weighted by molar-refractivity contribution is 6.31. The molecule has 4 aromatic rings. The van der Waals surface area contributed by atoms with Crippen LogP contribution >= 0.6 is 11.6 Å². The number of imidazole rings is 1. The summed E-state index contributed by atoms with van der Waals surface area (Å²) in [6, 6.07) is 15.7. The fraction of sp³-hybridized carbons (Fsp3) is 0.231. The normalized spacial score (nSPS) is 14.3. The van der Waals surface area contributed by atoms with Crippen molar-refractivity contribution in [2.45, 2.75) is 25.8 Å². The Kier molecular flexibility index (Phi) is 6.13. The molecule has 3 heterocycles. The van der Waals surface area contributed by atoms with Crippen molar-refractivity contribution in [1.29, 1.82) is 0 Å². The molecule has 2 aromatic carbocycles. The lowest BCUT2D eigenvalue weighted by Crippen LogP contribution is -2.35. The van der Waals surface area contributed by atoms with Gasteiger partial charge in [-0.3, -0.25) is 4.79 Å². The number of amides is 1. The molecule has 5 rings (SSSR count). The first-order chi connectivity index (χ1) is 16.9. The Bertz CT molecular complexity index is 1430. The number of carbonyl (C=O) groups is 2. The highest BCUT2D eigenvalue weighted by Gasteiger charge is 2.26. The fourth-order valence-corrected chi connectivity index (χ4v) is 4.93. The molecule has 1 amide bonds. The molecule has 9 heteroatoms. The third-order valence-corrected chi connectivity index (χ3v) is 6.60. The van der Waals surface area contributed by atoms with Crippen molar-refractivity contribution in [2.75, 3.05) is 23.3 Å².